The molecule has 6 atom stereocenters. The molecule has 5 rings (SSSR count). The number of ether oxygens (including phenoxy) is 1. The second-order valence-electron chi connectivity index (χ2n) is 9.36. The third-order valence-electron chi connectivity index (χ3n) is 8.25. The molecule has 2 N–H and O–H groups in total. The summed E-state index contributed by atoms with van der Waals surface area (Å²) in [6.45, 7) is 0. The van der Waals surface area contributed by atoms with Gasteiger partial charge in [-0.05, 0) is 0 Å². The normalized spacial score (nSPS) is 33.3. The predicted molar refractivity (Wildman–Crippen MR) is 121 cm³/mol. The van der Waals surface area contributed by atoms with Gasteiger partial charge in [0.2, 0.25) is 0 Å². The van der Waals surface area contributed by atoms with Crippen LogP contribution in [0.15, 0.2) is 48.5 Å². The van der Waals surface area contributed by atoms with Gasteiger partial charge in [0, 0.05) is 0 Å². The number of rotatable bonds is 5. The molecule has 0 amide bonds. The molecular weight excluding hydrogens is 439 g/mol. The summed E-state index contributed by atoms with van der Waals surface area (Å²) in [5.74, 6) is 2.53. The SMILES string of the molecule is COc1ccc2c(c1)CC[C@@H]1[C@@H]2CC[C@]2(C(O)C[Se]c3ccccc3)C(O)CC[C@@H]12. The van der Waals surface area contributed by atoms with Gasteiger partial charge in [0.25, 0.3) is 0 Å². The van der Waals surface area contributed by atoms with Gasteiger partial charge in [-0.1, -0.05) is 0 Å². The van der Waals surface area contributed by atoms with E-state index in [0.29, 0.717) is 17.8 Å². The van der Waals surface area contributed by atoms with E-state index in [9.17, 15) is 10.2 Å². The molecule has 4 heteroatoms. The minimum atomic E-state index is -0.404. The molecule has 0 aromatic heterocycles. The zero-order valence-electron chi connectivity index (χ0n) is 17.7. The number of fused-ring (bicyclic) bond motifs is 5. The first kappa shape index (κ1) is 20.6. The van der Waals surface area contributed by atoms with Crippen LogP contribution in [0, 0.1) is 17.3 Å². The molecule has 3 aliphatic carbocycles. The van der Waals surface area contributed by atoms with E-state index in [1.165, 1.54) is 22.0 Å². The van der Waals surface area contributed by atoms with Crippen LogP contribution in [0.2, 0.25) is 5.32 Å². The molecule has 0 bridgehead atoms. The standard InChI is InChI=1S/C26H32O3Se/c1-29-18-8-10-20-17(15-18)7-9-22-21(20)13-14-26(23(22)11-12-24(26)27)25(28)16-30-19-5-3-2-4-6-19/h2-6,8,10,15,21-25,27-28H,7,9,11-14,16H2,1H3/t21-,22-,23+,24?,25?,26-/m1/s1. The molecule has 2 aromatic carbocycles. The second-order valence-corrected chi connectivity index (χ2v) is 11.7. The maximum atomic E-state index is 11.5. The molecule has 0 radical (unpaired) electrons. The summed E-state index contributed by atoms with van der Waals surface area (Å²) >= 11 is 0.245. The minimum absolute atomic E-state index is 0.245. The van der Waals surface area contributed by atoms with Gasteiger partial charge in [-0.15, -0.1) is 0 Å². The molecule has 2 aromatic rings. The number of benzene rings is 2. The van der Waals surface area contributed by atoms with Crippen LogP contribution in [0.4, 0.5) is 0 Å². The fraction of sp³-hybridized carbons (Fsp3) is 0.538. The van der Waals surface area contributed by atoms with Crippen molar-refractivity contribution in [3.63, 3.8) is 0 Å². The van der Waals surface area contributed by atoms with Crippen LogP contribution < -0.4 is 9.20 Å². The molecule has 0 spiro atoms. The van der Waals surface area contributed by atoms with Crippen LogP contribution in [0.3, 0.4) is 0 Å². The summed E-state index contributed by atoms with van der Waals surface area (Å²) in [7, 11) is 1.74. The Morgan fingerprint density at radius 1 is 1.10 bits per heavy atom. The molecule has 0 saturated heterocycles. The van der Waals surface area contributed by atoms with Crippen molar-refractivity contribution < 1.29 is 14.9 Å². The van der Waals surface area contributed by atoms with Crippen molar-refractivity contribution in [2.75, 3.05) is 7.11 Å². The first-order valence-corrected chi connectivity index (χ1v) is 13.4. The van der Waals surface area contributed by atoms with E-state index in [-0.39, 0.29) is 26.5 Å². The Hall–Kier alpha value is -1.32. The third kappa shape index (κ3) is 3.33. The average molecular weight is 471 g/mol. The fourth-order valence-corrected chi connectivity index (χ4v) is 8.99. The monoisotopic (exact) mass is 472 g/mol. The Morgan fingerprint density at radius 3 is 2.73 bits per heavy atom. The van der Waals surface area contributed by atoms with Gasteiger partial charge in [-0.25, -0.2) is 0 Å². The predicted octanol–water partition coefficient (Wildman–Crippen LogP) is 3.70. The molecule has 2 saturated carbocycles. The van der Waals surface area contributed by atoms with Crippen LogP contribution in [-0.4, -0.2) is 44.5 Å². The van der Waals surface area contributed by atoms with Crippen LogP contribution in [0.1, 0.15) is 49.1 Å². The number of hydrogen-bond acceptors (Lipinski definition) is 3. The van der Waals surface area contributed by atoms with Gasteiger partial charge in [-0.2, -0.15) is 0 Å². The number of aliphatic hydroxyl groups excluding tert-OH is 2. The van der Waals surface area contributed by atoms with Crippen LogP contribution >= 0.6 is 0 Å². The van der Waals surface area contributed by atoms with Gasteiger partial charge >= 0.3 is 186 Å². The molecular formula is C26H32O3Se. The Kier molecular flexibility index (Phi) is 5.70. The molecule has 0 heterocycles. The summed E-state index contributed by atoms with van der Waals surface area (Å²) < 4.78 is 6.78. The molecule has 0 aliphatic heterocycles. The zero-order chi connectivity index (χ0) is 20.7. The number of hydrogen-bond donors (Lipinski definition) is 2. The van der Waals surface area contributed by atoms with Crippen molar-refractivity contribution in [3.05, 3.63) is 59.7 Å². The van der Waals surface area contributed by atoms with E-state index in [1.807, 2.05) is 6.07 Å². The topological polar surface area (TPSA) is 49.7 Å². The van der Waals surface area contributed by atoms with E-state index in [4.69, 9.17) is 4.74 Å². The van der Waals surface area contributed by atoms with E-state index in [2.05, 4.69) is 42.5 Å². The van der Waals surface area contributed by atoms with Crippen LogP contribution in [-0.2, 0) is 6.42 Å². The van der Waals surface area contributed by atoms with E-state index >= 15 is 0 Å². The van der Waals surface area contributed by atoms with E-state index < -0.39 is 6.10 Å². The molecule has 3 aliphatic rings. The molecule has 160 valence electrons. The van der Waals surface area contributed by atoms with Gasteiger partial charge in [0.1, 0.15) is 0 Å². The van der Waals surface area contributed by atoms with Crippen molar-refractivity contribution >= 4 is 19.4 Å². The van der Waals surface area contributed by atoms with Crippen LogP contribution in [0.5, 0.6) is 5.75 Å². The van der Waals surface area contributed by atoms with Gasteiger partial charge in [0.15, 0.2) is 0 Å². The Morgan fingerprint density at radius 2 is 1.93 bits per heavy atom. The van der Waals surface area contributed by atoms with E-state index in [0.717, 1.165) is 43.2 Å². The first-order chi connectivity index (χ1) is 14.6. The Bertz CT molecular complexity index is 885. The van der Waals surface area contributed by atoms with Crippen molar-refractivity contribution in [3.8, 4) is 5.75 Å². The average Bonchev–Trinajstić information content (AvgIpc) is 3.15. The third-order valence-corrected chi connectivity index (χ3v) is 10.5. The summed E-state index contributed by atoms with van der Waals surface area (Å²) in [6, 6.07) is 17.1. The number of aryl methyl sites for hydroxylation is 1. The summed E-state index contributed by atoms with van der Waals surface area (Å²) in [5, 5.41) is 23.4. The van der Waals surface area contributed by atoms with Crippen molar-refractivity contribution in [1.29, 1.82) is 0 Å². The van der Waals surface area contributed by atoms with E-state index in [1.54, 1.807) is 7.11 Å². The Labute approximate surface area is 186 Å². The first-order valence-electron chi connectivity index (χ1n) is 11.3. The second kappa shape index (κ2) is 8.31. The molecule has 2 fully saturated rings. The number of methoxy groups -OCH3 is 1. The summed E-state index contributed by atoms with van der Waals surface area (Å²) in [5.41, 5.74) is 2.63. The molecule has 2 unspecified atom stereocenters. The van der Waals surface area contributed by atoms with Crippen LogP contribution in [0.25, 0.3) is 0 Å². The maximum absolute atomic E-state index is 11.5. The van der Waals surface area contributed by atoms with Crippen molar-refractivity contribution in [2.24, 2.45) is 17.3 Å². The van der Waals surface area contributed by atoms with Gasteiger partial charge < -0.3 is 0 Å². The van der Waals surface area contributed by atoms with Crippen molar-refractivity contribution in [2.45, 2.75) is 62.0 Å². The number of aliphatic hydroxyl groups is 2. The van der Waals surface area contributed by atoms with Gasteiger partial charge in [0.05, 0.1) is 0 Å². The Balaban J connectivity index is 1.39. The summed E-state index contributed by atoms with van der Waals surface area (Å²) in [6.07, 6.45) is 5.41. The van der Waals surface area contributed by atoms with Gasteiger partial charge in [-0.3, -0.25) is 0 Å². The summed E-state index contributed by atoms with van der Waals surface area (Å²) in [4.78, 5) is 0. The quantitative estimate of drug-likeness (QED) is 0.654. The fourth-order valence-electron chi connectivity index (χ4n) is 6.87. The zero-order valence-corrected chi connectivity index (χ0v) is 19.4. The molecule has 30 heavy (non-hydrogen) atoms. The van der Waals surface area contributed by atoms with Crippen molar-refractivity contribution in [1.82, 2.24) is 0 Å². The molecule has 3 nitrogen and oxygen atoms in total.